The standard InChI is InChI=1S/C60H36N4/c1-2-11-37(12-3-1)57-48-16-6-8-18-50(48)58(51-19-9-7-17-49(51)57)56-33-26-43-36-41(24-30-53(43)63-56)40-23-29-52-42(35-40)25-32-54(62-52)46-27-28-47(45-15-5-4-14-44(45)46)55-31-22-39-21-20-38-13-10-34-61-59(38)60(39)64-55/h1-36H. The maximum absolute atomic E-state index is 5.32. The molecular weight excluding hydrogens is 777 g/mol. The molecule has 0 radical (unpaired) electrons. The molecule has 0 aliphatic heterocycles. The third-order valence-corrected chi connectivity index (χ3v) is 12.9. The van der Waals surface area contributed by atoms with Crippen molar-refractivity contribution in [2.75, 3.05) is 0 Å². The molecule has 4 nitrogen and oxygen atoms in total. The molecule has 0 bridgehead atoms. The van der Waals surface area contributed by atoms with Crippen LogP contribution in [0.15, 0.2) is 219 Å². The molecule has 0 saturated heterocycles. The summed E-state index contributed by atoms with van der Waals surface area (Å²) in [6.07, 6.45) is 1.84. The van der Waals surface area contributed by atoms with Crippen molar-refractivity contribution in [3.63, 3.8) is 0 Å². The van der Waals surface area contributed by atoms with E-state index in [-0.39, 0.29) is 0 Å². The van der Waals surface area contributed by atoms with Crippen molar-refractivity contribution in [1.82, 2.24) is 19.9 Å². The molecule has 0 fully saturated rings. The lowest BCUT2D eigenvalue weighted by Gasteiger charge is -2.17. The molecule has 13 aromatic rings. The van der Waals surface area contributed by atoms with Crippen LogP contribution >= 0.6 is 0 Å². The molecule has 13 rings (SSSR count). The Labute approximate surface area is 368 Å². The Morgan fingerprint density at radius 2 is 0.734 bits per heavy atom. The van der Waals surface area contributed by atoms with Gasteiger partial charge in [-0.25, -0.2) is 15.0 Å². The Balaban J connectivity index is 0.844. The van der Waals surface area contributed by atoms with Crippen molar-refractivity contribution in [3.05, 3.63) is 219 Å². The first-order valence-electron chi connectivity index (χ1n) is 21.7. The van der Waals surface area contributed by atoms with Gasteiger partial charge in [-0.2, -0.15) is 0 Å². The number of benzene rings is 9. The third kappa shape index (κ3) is 5.84. The van der Waals surface area contributed by atoms with Crippen molar-refractivity contribution < 1.29 is 0 Å². The van der Waals surface area contributed by atoms with E-state index in [1.165, 1.54) is 32.7 Å². The van der Waals surface area contributed by atoms with E-state index in [1.54, 1.807) is 0 Å². The summed E-state index contributed by atoms with van der Waals surface area (Å²) in [5.41, 5.74) is 14.7. The van der Waals surface area contributed by atoms with E-state index in [0.717, 1.165) is 99.3 Å². The molecular formula is C60H36N4. The fraction of sp³-hybridized carbons (Fsp3) is 0. The Morgan fingerprint density at radius 1 is 0.266 bits per heavy atom. The van der Waals surface area contributed by atoms with Gasteiger partial charge in [-0.15, -0.1) is 0 Å². The van der Waals surface area contributed by atoms with Gasteiger partial charge in [0.25, 0.3) is 0 Å². The van der Waals surface area contributed by atoms with Crippen LogP contribution in [0.5, 0.6) is 0 Å². The molecule has 4 heterocycles. The lowest BCUT2D eigenvalue weighted by molar-refractivity contribution is 1.37. The van der Waals surface area contributed by atoms with Crippen molar-refractivity contribution in [2.45, 2.75) is 0 Å². The van der Waals surface area contributed by atoms with Crippen LogP contribution < -0.4 is 0 Å². The number of pyridine rings is 4. The van der Waals surface area contributed by atoms with Crippen LogP contribution in [-0.4, -0.2) is 19.9 Å². The summed E-state index contributed by atoms with van der Waals surface area (Å²) in [6, 6.07) is 75.6. The Kier molecular flexibility index (Phi) is 8.18. The SMILES string of the molecule is c1ccc(-c2c3ccccc3c(-c3ccc4cc(-c5ccc6nc(-c7ccc(-c8ccc9ccc%10cccnc%10c9n8)c8ccccc78)ccc6c5)ccc4n3)c3ccccc23)cc1. The quantitative estimate of drug-likeness (QED) is 0.128. The van der Waals surface area contributed by atoms with Gasteiger partial charge in [-0.1, -0.05) is 164 Å². The van der Waals surface area contributed by atoms with Gasteiger partial charge in [-0.3, -0.25) is 4.98 Å². The number of hydrogen-bond acceptors (Lipinski definition) is 4. The van der Waals surface area contributed by atoms with Gasteiger partial charge in [0.15, 0.2) is 0 Å². The highest BCUT2D eigenvalue weighted by molar-refractivity contribution is 6.21. The second kappa shape index (κ2) is 14.5. The molecule has 0 atom stereocenters. The van der Waals surface area contributed by atoms with Gasteiger partial charge < -0.3 is 0 Å². The minimum Gasteiger partial charge on any atom is -0.254 e. The van der Waals surface area contributed by atoms with Gasteiger partial charge in [0.1, 0.15) is 0 Å². The molecule has 64 heavy (non-hydrogen) atoms. The van der Waals surface area contributed by atoms with Crippen LogP contribution in [0.3, 0.4) is 0 Å². The average Bonchev–Trinajstić information content (AvgIpc) is 3.37. The normalized spacial score (nSPS) is 11.8. The molecule has 0 saturated carbocycles. The highest BCUT2D eigenvalue weighted by Gasteiger charge is 2.18. The van der Waals surface area contributed by atoms with E-state index in [2.05, 4.69) is 211 Å². The second-order valence-electron chi connectivity index (χ2n) is 16.5. The van der Waals surface area contributed by atoms with Gasteiger partial charge in [-0.05, 0) is 103 Å². The Bertz CT molecular complexity index is 3970. The summed E-state index contributed by atoms with van der Waals surface area (Å²) < 4.78 is 0. The number of nitrogens with zero attached hydrogens (tertiary/aromatic N) is 4. The van der Waals surface area contributed by atoms with Gasteiger partial charge in [0.2, 0.25) is 0 Å². The van der Waals surface area contributed by atoms with Gasteiger partial charge in [0.05, 0.1) is 39.1 Å². The van der Waals surface area contributed by atoms with E-state index in [4.69, 9.17) is 15.0 Å². The number of rotatable bonds is 5. The maximum atomic E-state index is 5.32. The molecule has 0 N–H and O–H groups in total. The number of hydrogen-bond donors (Lipinski definition) is 0. The summed E-state index contributed by atoms with van der Waals surface area (Å²) in [5.74, 6) is 0. The molecule has 0 amide bonds. The smallest absolute Gasteiger partial charge is 0.0972 e. The highest BCUT2D eigenvalue weighted by Crippen LogP contribution is 2.44. The summed E-state index contributed by atoms with van der Waals surface area (Å²) in [4.78, 5) is 20.4. The van der Waals surface area contributed by atoms with E-state index < -0.39 is 0 Å². The molecule has 296 valence electrons. The molecule has 0 aliphatic carbocycles. The van der Waals surface area contributed by atoms with Crippen molar-refractivity contribution in [1.29, 1.82) is 0 Å². The summed E-state index contributed by atoms with van der Waals surface area (Å²) in [6.45, 7) is 0. The fourth-order valence-corrected chi connectivity index (χ4v) is 9.84. The molecule has 0 spiro atoms. The summed E-state index contributed by atoms with van der Waals surface area (Å²) in [7, 11) is 0. The van der Waals surface area contributed by atoms with Crippen LogP contribution in [0.2, 0.25) is 0 Å². The zero-order valence-corrected chi connectivity index (χ0v) is 34.6. The molecule has 9 aromatic carbocycles. The largest absolute Gasteiger partial charge is 0.254 e. The maximum Gasteiger partial charge on any atom is 0.0972 e. The third-order valence-electron chi connectivity index (χ3n) is 12.9. The molecule has 4 heteroatoms. The first kappa shape index (κ1) is 36.1. The zero-order chi connectivity index (χ0) is 42.1. The Morgan fingerprint density at radius 3 is 1.34 bits per heavy atom. The van der Waals surface area contributed by atoms with Crippen molar-refractivity contribution in [2.24, 2.45) is 0 Å². The summed E-state index contributed by atoms with van der Waals surface area (Å²) >= 11 is 0. The minimum absolute atomic E-state index is 0.914. The van der Waals surface area contributed by atoms with Crippen LogP contribution in [0.25, 0.3) is 132 Å². The summed E-state index contributed by atoms with van der Waals surface area (Å²) in [5, 5.41) is 11.5. The lowest BCUT2D eigenvalue weighted by Crippen LogP contribution is -1.93. The number of aromatic nitrogens is 4. The Hall–Kier alpha value is -8.60. The van der Waals surface area contributed by atoms with Crippen molar-refractivity contribution >= 4 is 75.9 Å². The lowest BCUT2D eigenvalue weighted by atomic mass is 9.87. The molecule has 4 aromatic heterocycles. The first-order valence-corrected chi connectivity index (χ1v) is 21.7. The van der Waals surface area contributed by atoms with Gasteiger partial charge >= 0.3 is 0 Å². The molecule has 0 aliphatic rings. The van der Waals surface area contributed by atoms with E-state index >= 15 is 0 Å². The monoisotopic (exact) mass is 812 g/mol. The second-order valence-corrected chi connectivity index (χ2v) is 16.5. The topological polar surface area (TPSA) is 51.6 Å². The van der Waals surface area contributed by atoms with Crippen LogP contribution in [-0.2, 0) is 0 Å². The minimum atomic E-state index is 0.914. The average molecular weight is 813 g/mol. The van der Waals surface area contributed by atoms with Crippen LogP contribution in [0.4, 0.5) is 0 Å². The fourth-order valence-electron chi connectivity index (χ4n) is 9.84. The van der Waals surface area contributed by atoms with Crippen molar-refractivity contribution in [3.8, 4) is 56.0 Å². The van der Waals surface area contributed by atoms with E-state index in [9.17, 15) is 0 Å². The van der Waals surface area contributed by atoms with Crippen LogP contribution in [0, 0.1) is 0 Å². The first-order chi connectivity index (χ1) is 31.7. The van der Waals surface area contributed by atoms with E-state index in [1.807, 2.05) is 12.3 Å². The number of fused-ring (bicyclic) bond motifs is 8. The predicted octanol–water partition coefficient (Wildman–Crippen LogP) is 15.7. The zero-order valence-electron chi connectivity index (χ0n) is 34.6. The molecule has 0 unspecified atom stereocenters. The van der Waals surface area contributed by atoms with Gasteiger partial charge in [0, 0.05) is 44.4 Å². The predicted molar refractivity (Wildman–Crippen MR) is 267 cm³/mol. The van der Waals surface area contributed by atoms with Crippen LogP contribution in [0.1, 0.15) is 0 Å². The van der Waals surface area contributed by atoms with E-state index in [0.29, 0.717) is 0 Å². The highest BCUT2D eigenvalue weighted by atomic mass is 14.8.